The molecule has 0 aromatic heterocycles. The van der Waals surface area contributed by atoms with Gasteiger partial charge in [0.05, 0.1) is 0 Å². The molecule has 2 atom stereocenters. The number of likely N-dealkylation sites (tertiary alicyclic amines) is 1. The standard InChI is InChI=1S/C24H26F2N2O4S/c1-14(2)19-12-17(7-8-21(19)33(26,30)31)32-18-6-5-9-28(13-18)24(4)20-11-16(25)10-15(3)22(20)27-23(24)29/h7-8,10-12,18H,1,5-6,9,13H2,2-4H3,(H,27,29)/t18-,24+/m1/s1. The summed E-state index contributed by atoms with van der Waals surface area (Å²) in [6.45, 7) is 9.91. The number of nitrogens with one attached hydrogen (secondary N) is 1. The molecular formula is C24H26F2N2O4S. The number of ether oxygens (including phenoxy) is 1. The lowest BCUT2D eigenvalue weighted by atomic mass is 9.88. The number of nitrogens with zero attached hydrogens (tertiary/aromatic N) is 1. The summed E-state index contributed by atoms with van der Waals surface area (Å²) in [7, 11) is -4.90. The zero-order valence-electron chi connectivity index (χ0n) is 18.7. The topological polar surface area (TPSA) is 75.7 Å². The predicted molar refractivity (Wildman–Crippen MR) is 122 cm³/mol. The number of hydrogen-bond acceptors (Lipinski definition) is 5. The number of aryl methyl sites for hydroxylation is 1. The van der Waals surface area contributed by atoms with Gasteiger partial charge in [0, 0.05) is 23.4 Å². The van der Waals surface area contributed by atoms with E-state index in [1.807, 2.05) is 4.90 Å². The van der Waals surface area contributed by atoms with Gasteiger partial charge in [-0.15, -0.1) is 3.89 Å². The molecule has 176 valence electrons. The molecule has 2 heterocycles. The van der Waals surface area contributed by atoms with Crippen molar-refractivity contribution in [1.29, 1.82) is 0 Å². The molecule has 0 bridgehead atoms. The fraction of sp³-hybridized carbons (Fsp3) is 0.375. The van der Waals surface area contributed by atoms with E-state index >= 15 is 0 Å². The normalized spacial score (nSPS) is 23.2. The molecule has 1 saturated heterocycles. The summed E-state index contributed by atoms with van der Waals surface area (Å²) < 4.78 is 56.8. The Kier molecular flexibility index (Phi) is 5.82. The maximum atomic E-state index is 14.2. The molecule has 2 aromatic rings. The Labute approximate surface area is 192 Å². The summed E-state index contributed by atoms with van der Waals surface area (Å²) >= 11 is 0. The summed E-state index contributed by atoms with van der Waals surface area (Å²) in [5.41, 5.74) is 1.42. The van der Waals surface area contributed by atoms with Crippen molar-refractivity contribution in [3.05, 3.63) is 59.4 Å². The van der Waals surface area contributed by atoms with Crippen molar-refractivity contribution in [2.24, 2.45) is 0 Å². The molecule has 6 nitrogen and oxygen atoms in total. The molecule has 0 spiro atoms. The molecule has 33 heavy (non-hydrogen) atoms. The Morgan fingerprint density at radius 2 is 2.03 bits per heavy atom. The number of rotatable bonds is 5. The van der Waals surface area contributed by atoms with Gasteiger partial charge in [0.2, 0.25) is 5.91 Å². The van der Waals surface area contributed by atoms with Crippen LogP contribution in [-0.2, 0) is 20.6 Å². The smallest absolute Gasteiger partial charge is 0.332 e. The van der Waals surface area contributed by atoms with Gasteiger partial charge in [-0.3, -0.25) is 9.69 Å². The molecule has 1 N–H and O–H groups in total. The summed E-state index contributed by atoms with van der Waals surface area (Å²) in [5, 5.41) is 2.90. The van der Waals surface area contributed by atoms with Crippen LogP contribution < -0.4 is 10.1 Å². The molecule has 0 aliphatic carbocycles. The van der Waals surface area contributed by atoms with Crippen molar-refractivity contribution >= 4 is 27.4 Å². The van der Waals surface area contributed by atoms with E-state index in [1.54, 1.807) is 20.8 Å². The highest BCUT2D eigenvalue weighted by Crippen LogP contribution is 2.43. The molecule has 0 saturated carbocycles. The van der Waals surface area contributed by atoms with Crippen LogP contribution in [0.3, 0.4) is 0 Å². The molecule has 2 aliphatic heterocycles. The highest BCUT2D eigenvalue weighted by atomic mass is 32.3. The summed E-state index contributed by atoms with van der Waals surface area (Å²) in [6, 6.07) is 6.85. The lowest BCUT2D eigenvalue weighted by Gasteiger charge is -2.42. The summed E-state index contributed by atoms with van der Waals surface area (Å²) in [4.78, 5) is 14.6. The van der Waals surface area contributed by atoms with E-state index in [9.17, 15) is 21.5 Å². The van der Waals surface area contributed by atoms with Gasteiger partial charge in [0.1, 0.15) is 28.1 Å². The fourth-order valence-electron chi connectivity index (χ4n) is 4.73. The summed E-state index contributed by atoms with van der Waals surface area (Å²) in [5.74, 6) is -0.224. The van der Waals surface area contributed by atoms with Crippen LogP contribution in [0.25, 0.3) is 5.57 Å². The number of halogens is 2. The molecule has 2 aromatic carbocycles. The maximum absolute atomic E-state index is 14.2. The van der Waals surface area contributed by atoms with Gasteiger partial charge in [-0.1, -0.05) is 6.58 Å². The van der Waals surface area contributed by atoms with Crippen molar-refractivity contribution < 1.29 is 26.2 Å². The lowest BCUT2D eigenvalue weighted by molar-refractivity contribution is -0.128. The zero-order valence-corrected chi connectivity index (χ0v) is 19.6. The maximum Gasteiger partial charge on any atom is 0.332 e. The minimum absolute atomic E-state index is 0.157. The van der Waals surface area contributed by atoms with E-state index in [1.165, 1.54) is 30.3 Å². The van der Waals surface area contributed by atoms with Crippen molar-refractivity contribution in [3.8, 4) is 5.75 Å². The Morgan fingerprint density at radius 3 is 2.70 bits per heavy atom. The number of anilines is 1. The Hall–Kier alpha value is -2.78. The first kappa shape index (κ1) is 23.4. The minimum Gasteiger partial charge on any atom is -0.489 e. The number of carbonyl (C=O) groups excluding carboxylic acids is 1. The third kappa shape index (κ3) is 4.15. The zero-order chi connectivity index (χ0) is 24.1. The van der Waals surface area contributed by atoms with Crippen LogP contribution in [-0.4, -0.2) is 38.4 Å². The van der Waals surface area contributed by atoms with Gasteiger partial charge in [-0.2, -0.15) is 8.42 Å². The number of hydrogen-bond donors (Lipinski definition) is 1. The van der Waals surface area contributed by atoms with Gasteiger partial charge in [0.25, 0.3) is 0 Å². The van der Waals surface area contributed by atoms with Crippen LogP contribution in [0.2, 0.25) is 0 Å². The average Bonchev–Trinajstić information content (AvgIpc) is 2.99. The van der Waals surface area contributed by atoms with E-state index in [0.29, 0.717) is 41.2 Å². The monoisotopic (exact) mass is 476 g/mol. The van der Waals surface area contributed by atoms with E-state index < -0.39 is 26.5 Å². The van der Waals surface area contributed by atoms with Gasteiger partial charge in [-0.05, 0) is 81.6 Å². The Morgan fingerprint density at radius 1 is 1.30 bits per heavy atom. The van der Waals surface area contributed by atoms with Gasteiger partial charge in [0.15, 0.2) is 0 Å². The second kappa shape index (κ2) is 8.22. The van der Waals surface area contributed by atoms with Gasteiger partial charge < -0.3 is 10.1 Å². The van der Waals surface area contributed by atoms with Crippen LogP contribution in [0.5, 0.6) is 5.75 Å². The second-order valence-electron chi connectivity index (χ2n) is 8.88. The Balaban J connectivity index is 1.60. The van der Waals surface area contributed by atoms with E-state index in [2.05, 4.69) is 11.9 Å². The first-order chi connectivity index (χ1) is 15.4. The largest absolute Gasteiger partial charge is 0.489 e. The number of carbonyl (C=O) groups is 1. The molecule has 0 radical (unpaired) electrons. The quantitative estimate of drug-likeness (QED) is 0.642. The highest BCUT2D eigenvalue weighted by molar-refractivity contribution is 7.86. The molecule has 0 unspecified atom stereocenters. The fourth-order valence-corrected chi connectivity index (χ4v) is 5.45. The van der Waals surface area contributed by atoms with Crippen molar-refractivity contribution in [2.45, 2.75) is 50.2 Å². The van der Waals surface area contributed by atoms with Crippen LogP contribution in [0.15, 0.2) is 41.8 Å². The van der Waals surface area contributed by atoms with Crippen LogP contribution >= 0.6 is 0 Å². The Bertz CT molecular complexity index is 1260. The number of allylic oxidation sites excluding steroid dienone is 1. The van der Waals surface area contributed by atoms with E-state index in [4.69, 9.17) is 4.74 Å². The minimum atomic E-state index is -4.90. The molecule has 1 fully saturated rings. The first-order valence-corrected chi connectivity index (χ1v) is 12.1. The van der Waals surface area contributed by atoms with Gasteiger partial charge in [-0.25, -0.2) is 4.39 Å². The van der Waals surface area contributed by atoms with E-state index in [-0.39, 0.29) is 17.6 Å². The number of amides is 1. The third-order valence-corrected chi connectivity index (χ3v) is 7.37. The molecule has 4 rings (SSSR count). The second-order valence-corrected chi connectivity index (χ2v) is 10.2. The number of fused-ring (bicyclic) bond motifs is 1. The van der Waals surface area contributed by atoms with Gasteiger partial charge >= 0.3 is 10.2 Å². The molecule has 2 aliphatic rings. The average molecular weight is 477 g/mol. The highest BCUT2D eigenvalue weighted by Gasteiger charge is 2.49. The van der Waals surface area contributed by atoms with Crippen molar-refractivity contribution in [1.82, 2.24) is 4.90 Å². The predicted octanol–water partition coefficient (Wildman–Crippen LogP) is 4.54. The third-order valence-electron chi connectivity index (χ3n) is 6.49. The number of piperidine rings is 1. The van der Waals surface area contributed by atoms with E-state index in [0.717, 1.165) is 12.8 Å². The molecule has 1 amide bonds. The van der Waals surface area contributed by atoms with Crippen molar-refractivity contribution in [2.75, 3.05) is 18.4 Å². The van der Waals surface area contributed by atoms with Crippen LogP contribution in [0.1, 0.15) is 43.4 Å². The lowest BCUT2D eigenvalue weighted by Crippen LogP contribution is -2.54. The van der Waals surface area contributed by atoms with Crippen LogP contribution in [0, 0.1) is 12.7 Å². The van der Waals surface area contributed by atoms with Crippen molar-refractivity contribution in [3.63, 3.8) is 0 Å². The summed E-state index contributed by atoms with van der Waals surface area (Å²) in [6.07, 6.45) is 1.17. The SMILES string of the molecule is C=C(C)c1cc(O[C@@H]2CCCN([C@]3(C)C(=O)Nc4c(C)cc(F)cc43)C2)ccc1S(=O)(=O)F. The van der Waals surface area contributed by atoms with Crippen LogP contribution in [0.4, 0.5) is 14.0 Å². The first-order valence-electron chi connectivity index (χ1n) is 10.7. The molecule has 9 heteroatoms. The number of benzene rings is 2. The molecular weight excluding hydrogens is 450 g/mol.